The number of aliphatic hydroxyl groups is 1. The highest BCUT2D eigenvalue weighted by Gasteiger charge is 2.07. The monoisotopic (exact) mass is 186 g/mol. The lowest BCUT2D eigenvalue weighted by Crippen LogP contribution is -2.06. The second-order valence-electron chi connectivity index (χ2n) is 2.94. The van der Waals surface area contributed by atoms with E-state index >= 15 is 0 Å². The van der Waals surface area contributed by atoms with Gasteiger partial charge in [0.1, 0.15) is 5.82 Å². The van der Waals surface area contributed by atoms with Gasteiger partial charge < -0.3 is 9.67 Å². The van der Waals surface area contributed by atoms with Gasteiger partial charge in [0.25, 0.3) is 0 Å². The van der Waals surface area contributed by atoms with Crippen LogP contribution in [0.4, 0.5) is 4.39 Å². The van der Waals surface area contributed by atoms with Gasteiger partial charge in [0.2, 0.25) is 0 Å². The van der Waals surface area contributed by atoms with Crippen LogP contribution in [0.3, 0.4) is 0 Å². The molecule has 0 saturated carbocycles. The van der Waals surface area contributed by atoms with E-state index in [9.17, 15) is 4.39 Å². The van der Waals surface area contributed by atoms with Gasteiger partial charge in [-0.05, 0) is 6.42 Å². The summed E-state index contributed by atoms with van der Waals surface area (Å²) in [6.07, 6.45) is 3.92. The minimum atomic E-state index is -0.551. The van der Waals surface area contributed by atoms with Crippen LogP contribution in [0.2, 0.25) is 0 Å². The van der Waals surface area contributed by atoms with E-state index in [0.717, 1.165) is 18.5 Å². The fourth-order valence-electron chi connectivity index (χ4n) is 1.36. The smallest absolute Gasteiger partial charge is 0.166 e. The number of halogens is 1. The number of aryl methyl sites for hydroxylation is 1. The number of rotatable bonds is 5. The van der Waals surface area contributed by atoms with Crippen LogP contribution in [0, 0.1) is 0 Å². The Morgan fingerprint density at radius 3 is 2.85 bits per heavy atom. The number of hydrogen-bond acceptors (Lipinski definition) is 2. The first-order chi connectivity index (χ1) is 6.33. The summed E-state index contributed by atoms with van der Waals surface area (Å²) in [4.78, 5) is 4.06. The van der Waals surface area contributed by atoms with E-state index in [4.69, 9.17) is 5.11 Å². The second kappa shape index (κ2) is 4.97. The van der Waals surface area contributed by atoms with Gasteiger partial charge in [-0.2, -0.15) is 0 Å². The third-order valence-corrected chi connectivity index (χ3v) is 1.98. The van der Waals surface area contributed by atoms with Crippen LogP contribution in [0.15, 0.2) is 6.20 Å². The molecule has 0 spiro atoms. The second-order valence-corrected chi connectivity index (χ2v) is 2.94. The summed E-state index contributed by atoms with van der Waals surface area (Å²) in [5.41, 5.74) is 0.911. The molecule has 0 fully saturated rings. The van der Waals surface area contributed by atoms with Crippen molar-refractivity contribution in [3.05, 3.63) is 17.7 Å². The number of nitrogens with zero attached hydrogens (tertiary/aromatic N) is 2. The summed E-state index contributed by atoms with van der Waals surface area (Å²) >= 11 is 0. The van der Waals surface area contributed by atoms with Crippen LogP contribution in [0.5, 0.6) is 0 Å². The van der Waals surface area contributed by atoms with E-state index in [2.05, 4.69) is 4.98 Å². The van der Waals surface area contributed by atoms with Crippen molar-refractivity contribution in [1.82, 2.24) is 9.55 Å². The summed E-state index contributed by atoms with van der Waals surface area (Å²) in [6.45, 7) is 1.51. The number of alkyl halides is 1. The van der Waals surface area contributed by atoms with Gasteiger partial charge >= 0.3 is 0 Å². The Bertz CT molecular complexity index is 237. The third-order valence-electron chi connectivity index (χ3n) is 1.98. The first-order valence-electron chi connectivity index (χ1n) is 4.53. The van der Waals surface area contributed by atoms with E-state index < -0.39 is 6.80 Å². The Morgan fingerprint density at radius 2 is 2.31 bits per heavy atom. The molecule has 0 unspecified atom stereocenters. The van der Waals surface area contributed by atoms with E-state index in [-0.39, 0.29) is 6.61 Å². The van der Waals surface area contributed by atoms with Gasteiger partial charge in [-0.15, -0.1) is 0 Å². The highest BCUT2D eigenvalue weighted by molar-refractivity contribution is 5.05. The number of aliphatic hydroxyl groups excluding tert-OH is 1. The zero-order valence-corrected chi connectivity index (χ0v) is 7.83. The number of aromatic nitrogens is 2. The zero-order valence-electron chi connectivity index (χ0n) is 7.83. The minimum absolute atomic E-state index is 0.0164. The lowest BCUT2D eigenvalue weighted by Gasteiger charge is -2.05. The molecule has 13 heavy (non-hydrogen) atoms. The zero-order chi connectivity index (χ0) is 9.68. The van der Waals surface area contributed by atoms with Gasteiger partial charge in [0, 0.05) is 18.3 Å². The van der Waals surface area contributed by atoms with Crippen LogP contribution >= 0.6 is 0 Å². The molecular weight excluding hydrogens is 171 g/mol. The molecule has 0 saturated heterocycles. The average Bonchev–Trinajstić information content (AvgIpc) is 2.49. The summed E-state index contributed by atoms with van der Waals surface area (Å²) in [7, 11) is 0. The SMILES string of the molecule is CCCc1cnc(CCO)n1CF. The highest BCUT2D eigenvalue weighted by atomic mass is 19.1. The number of hydrogen-bond donors (Lipinski definition) is 1. The molecule has 0 bridgehead atoms. The van der Waals surface area contributed by atoms with Crippen molar-refractivity contribution in [2.24, 2.45) is 0 Å². The molecule has 0 amide bonds. The van der Waals surface area contributed by atoms with Crippen molar-refractivity contribution in [2.75, 3.05) is 6.61 Å². The Kier molecular flexibility index (Phi) is 3.89. The molecule has 1 heterocycles. The molecule has 74 valence electrons. The molecule has 1 rings (SSSR count). The maximum atomic E-state index is 12.6. The van der Waals surface area contributed by atoms with E-state index in [1.165, 1.54) is 4.57 Å². The maximum Gasteiger partial charge on any atom is 0.166 e. The predicted molar refractivity (Wildman–Crippen MR) is 48.1 cm³/mol. The lowest BCUT2D eigenvalue weighted by molar-refractivity contribution is 0.288. The first kappa shape index (κ1) is 10.2. The Morgan fingerprint density at radius 1 is 1.54 bits per heavy atom. The van der Waals surface area contributed by atoms with Gasteiger partial charge in [0.05, 0.1) is 6.61 Å². The van der Waals surface area contributed by atoms with Gasteiger partial charge in [-0.3, -0.25) is 0 Å². The van der Waals surface area contributed by atoms with Crippen molar-refractivity contribution in [1.29, 1.82) is 0 Å². The molecule has 0 aliphatic carbocycles. The van der Waals surface area contributed by atoms with E-state index in [1.807, 2.05) is 6.92 Å². The summed E-state index contributed by atoms with van der Waals surface area (Å²) in [5.74, 6) is 0.633. The Hall–Kier alpha value is -0.900. The molecule has 0 aliphatic rings. The molecule has 0 atom stereocenters. The number of imidazole rings is 1. The Labute approximate surface area is 77.2 Å². The molecule has 1 aromatic rings. The lowest BCUT2D eigenvalue weighted by atomic mass is 10.3. The van der Waals surface area contributed by atoms with Crippen molar-refractivity contribution in [2.45, 2.75) is 33.0 Å². The molecule has 0 radical (unpaired) electrons. The van der Waals surface area contributed by atoms with Crippen LogP contribution < -0.4 is 0 Å². The maximum absolute atomic E-state index is 12.6. The van der Waals surface area contributed by atoms with Crippen molar-refractivity contribution >= 4 is 0 Å². The quantitative estimate of drug-likeness (QED) is 0.752. The predicted octanol–water partition coefficient (Wildman–Crippen LogP) is 1.30. The van der Waals surface area contributed by atoms with Crippen molar-refractivity contribution in [3.63, 3.8) is 0 Å². The molecule has 1 aromatic heterocycles. The van der Waals surface area contributed by atoms with E-state index in [0.29, 0.717) is 12.2 Å². The summed E-state index contributed by atoms with van der Waals surface area (Å²) < 4.78 is 14.1. The van der Waals surface area contributed by atoms with Gasteiger partial charge in [0.15, 0.2) is 6.80 Å². The highest BCUT2D eigenvalue weighted by Crippen LogP contribution is 2.08. The van der Waals surface area contributed by atoms with Crippen LogP contribution in [0.25, 0.3) is 0 Å². The molecule has 1 N–H and O–H groups in total. The molecule has 0 aromatic carbocycles. The summed E-state index contributed by atoms with van der Waals surface area (Å²) in [5, 5.41) is 8.70. The molecule has 4 heteroatoms. The standard InChI is InChI=1S/C9H15FN2O/c1-2-3-8-6-11-9(4-5-13)12(8)7-10/h6,13H,2-5,7H2,1H3. The van der Waals surface area contributed by atoms with Crippen molar-refractivity contribution < 1.29 is 9.50 Å². The minimum Gasteiger partial charge on any atom is -0.396 e. The fraction of sp³-hybridized carbons (Fsp3) is 0.667. The van der Waals surface area contributed by atoms with Gasteiger partial charge in [-0.25, -0.2) is 9.37 Å². The topological polar surface area (TPSA) is 38.1 Å². The average molecular weight is 186 g/mol. The van der Waals surface area contributed by atoms with Gasteiger partial charge in [-0.1, -0.05) is 13.3 Å². The molecular formula is C9H15FN2O. The molecule has 0 aliphatic heterocycles. The van der Waals surface area contributed by atoms with Crippen LogP contribution in [0.1, 0.15) is 24.9 Å². The molecule has 3 nitrogen and oxygen atoms in total. The van der Waals surface area contributed by atoms with Crippen LogP contribution in [-0.2, 0) is 19.6 Å². The third kappa shape index (κ3) is 2.28. The summed E-state index contributed by atoms with van der Waals surface area (Å²) in [6, 6.07) is 0. The Balaban J connectivity index is 2.82. The first-order valence-corrected chi connectivity index (χ1v) is 4.53. The van der Waals surface area contributed by atoms with E-state index in [1.54, 1.807) is 6.20 Å². The largest absolute Gasteiger partial charge is 0.396 e. The van der Waals surface area contributed by atoms with Crippen LogP contribution in [-0.4, -0.2) is 21.3 Å². The normalized spacial score (nSPS) is 10.7. The van der Waals surface area contributed by atoms with Crippen molar-refractivity contribution in [3.8, 4) is 0 Å². The fourth-order valence-corrected chi connectivity index (χ4v) is 1.36.